The van der Waals surface area contributed by atoms with Crippen molar-refractivity contribution in [3.63, 3.8) is 0 Å². The summed E-state index contributed by atoms with van der Waals surface area (Å²) in [4.78, 5) is 12.1. The molecular formula is C17H11BrCl2N2O2S. The van der Waals surface area contributed by atoms with E-state index in [4.69, 9.17) is 33.3 Å². The molecule has 2 aromatic carbocycles. The van der Waals surface area contributed by atoms with Gasteiger partial charge in [-0.15, -0.1) is 0 Å². The fourth-order valence-corrected chi connectivity index (χ4v) is 4.04. The van der Waals surface area contributed by atoms with E-state index in [0.717, 1.165) is 22.9 Å². The second kappa shape index (κ2) is 7.83. The molecule has 128 valence electrons. The van der Waals surface area contributed by atoms with Crippen LogP contribution in [-0.4, -0.2) is 11.1 Å². The molecule has 4 nitrogen and oxygen atoms in total. The average molecular weight is 458 g/mol. The molecule has 0 aliphatic carbocycles. The molecule has 1 aliphatic rings. The number of hydrogen-bond donors (Lipinski definition) is 2. The quantitative estimate of drug-likeness (QED) is 0.598. The number of amidine groups is 1. The lowest BCUT2D eigenvalue weighted by atomic mass is 10.2. The number of nitrogens with one attached hydrogen (secondary N) is 2. The Kier molecular flexibility index (Phi) is 5.74. The number of carbonyl (C=O) groups excluding carboxylic acids is 1. The molecule has 1 fully saturated rings. The predicted octanol–water partition coefficient (Wildman–Crippen LogP) is 5.47. The molecule has 0 saturated carbocycles. The minimum absolute atomic E-state index is 0.112. The SMILES string of the molecule is N=C1NC(=O)C(=Cc2cc(Cl)c(OCc3ccccc3Cl)c(Br)c2)S1. The molecule has 2 N–H and O–H groups in total. The van der Waals surface area contributed by atoms with Crippen LogP contribution in [0.2, 0.25) is 10.0 Å². The van der Waals surface area contributed by atoms with Gasteiger partial charge in [-0.1, -0.05) is 41.4 Å². The van der Waals surface area contributed by atoms with E-state index in [1.165, 1.54) is 0 Å². The first-order valence-electron chi connectivity index (χ1n) is 7.09. The Morgan fingerprint density at radius 2 is 2.00 bits per heavy atom. The van der Waals surface area contributed by atoms with Gasteiger partial charge in [0.25, 0.3) is 5.91 Å². The highest BCUT2D eigenvalue weighted by atomic mass is 79.9. The third-order valence-electron chi connectivity index (χ3n) is 3.31. The van der Waals surface area contributed by atoms with Crippen molar-refractivity contribution in [2.45, 2.75) is 6.61 Å². The van der Waals surface area contributed by atoms with E-state index in [9.17, 15) is 4.79 Å². The van der Waals surface area contributed by atoms with Crippen molar-refractivity contribution in [2.75, 3.05) is 0 Å². The lowest BCUT2D eigenvalue weighted by Crippen LogP contribution is -2.18. The van der Waals surface area contributed by atoms with Gasteiger partial charge in [0.2, 0.25) is 0 Å². The van der Waals surface area contributed by atoms with Crippen LogP contribution in [0.4, 0.5) is 0 Å². The number of halogens is 3. The Hall–Kier alpha value is -1.47. The molecule has 1 amide bonds. The van der Waals surface area contributed by atoms with Gasteiger partial charge in [0.05, 0.1) is 14.4 Å². The normalized spacial score (nSPS) is 15.6. The van der Waals surface area contributed by atoms with E-state index in [1.54, 1.807) is 24.3 Å². The predicted molar refractivity (Wildman–Crippen MR) is 106 cm³/mol. The Labute approximate surface area is 167 Å². The smallest absolute Gasteiger partial charge is 0.264 e. The summed E-state index contributed by atoms with van der Waals surface area (Å²) in [5.74, 6) is 0.210. The van der Waals surface area contributed by atoms with Crippen molar-refractivity contribution < 1.29 is 9.53 Å². The second-order valence-corrected chi connectivity index (χ2v) is 7.81. The fourth-order valence-electron chi connectivity index (χ4n) is 2.16. The first-order valence-corrected chi connectivity index (χ1v) is 9.45. The average Bonchev–Trinajstić information content (AvgIpc) is 2.85. The van der Waals surface area contributed by atoms with E-state index in [1.807, 2.05) is 18.2 Å². The number of hydrogen-bond acceptors (Lipinski definition) is 4. The molecule has 0 bridgehead atoms. The molecule has 2 aromatic rings. The summed E-state index contributed by atoms with van der Waals surface area (Å²) < 4.78 is 6.46. The van der Waals surface area contributed by atoms with Gasteiger partial charge in [-0.05, 0) is 57.5 Å². The van der Waals surface area contributed by atoms with E-state index >= 15 is 0 Å². The summed E-state index contributed by atoms with van der Waals surface area (Å²) in [6.45, 7) is 0.286. The van der Waals surface area contributed by atoms with Crippen LogP contribution >= 0.6 is 50.9 Å². The van der Waals surface area contributed by atoms with E-state index in [0.29, 0.717) is 25.2 Å². The van der Waals surface area contributed by atoms with Crippen molar-refractivity contribution in [2.24, 2.45) is 0 Å². The van der Waals surface area contributed by atoms with Crippen LogP contribution in [0.1, 0.15) is 11.1 Å². The summed E-state index contributed by atoms with van der Waals surface area (Å²) in [6, 6.07) is 10.9. The van der Waals surface area contributed by atoms with Crippen LogP contribution in [0.3, 0.4) is 0 Å². The highest BCUT2D eigenvalue weighted by molar-refractivity contribution is 9.10. The maximum Gasteiger partial charge on any atom is 0.264 e. The van der Waals surface area contributed by atoms with Crippen molar-refractivity contribution in [3.8, 4) is 5.75 Å². The van der Waals surface area contributed by atoms with E-state index in [2.05, 4.69) is 21.2 Å². The monoisotopic (exact) mass is 456 g/mol. The summed E-state index contributed by atoms with van der Waals surface area (Å²) in [6.07, 6.45) is 1.68. The number of thioether (sulfide) groups is 1. The molecule has 1 saturated heterocycles. The first-order chi connectivity index (χ1) is 11.9. The highest BCUT2D eigenvalue weighted by Crippen LogP contribution is 2.37. The zero-order valence-corrected chi connectivity index (χ0v) is 16.5. The molecule has 3 rings (SSSR count). The number of amides is 1. The van der Waals surface area contributed by atoms with Gasteiger partial charge >= 0.3 is 0 Å². The Balaban J connectivity index is 1.81. The van der Waals surface area contributed by atoms with Crippen molar-refractivity contribution in [1.29, 1.82) is 5.41 Å². The maximum absolute atomic E-state index is 11.7. The van der Waals surface area contributed by atoms with Crippen molar-refractivity contribution in [1.82, 2.24) is 5.32 Å². The van der Waals surface area contributed by atoms with Gasteiger partial charge in [-0.3, -0.25) is 10.2 Å². The van der Waals surface area contributed by atoms with Crippen LogP contribution in [0.15, 0.2) is 45.8 Å². The summed E-state index contributed by atoms with van der Waals surface area (Å²) in [7, 11) is 0. The lowest BCUT2D eigenvalue weighted by Gasteiger charge is -2.12. The number of ether oxygens (including phenoxy) is 1. The standard InChI is InChI=1S/C17H11BrCl2N2O2S/c18-11-5-9(7-14-16(23)22-17(21)25-14)6-13(20)15(11)24-8-10-3-1-2-4-12(10)19/h1-7H,8H2,(H2,21,22,23). The zero-order chi connectivity index (χ0) is 18.0. The lowest BCUT2D eigenvalue weighted by molar-refractivity contribution is -0.115. The first kappa shape index (κ1) is 18.3. The Morgan fingerprint density at radius 1 is 1.24 bits per heavy atom. The van der Waals surface area contributed by atoms with Crippen LogP contribution in [0.25, 0.3) is 6.08 Å². The topological polar surface area (TPSA) is 62.2 Å². The van der Waals surface area contributed by atoms with Crippen LogP contribution in [0, 0.1) is 5.41 Å². The molecule has 0 spiro atoms. The third kappa shape index (κ3) is 4.39. The van der Waals surface area contributed by atoms with Crippen LogP contribution in [0.5, 0.6) is 5.75 Å². The Bertz CT molecular complexity index is 879. The molecule has 0 radical (unpaired) electrons. The van der Waals surface area contributed by atoms with Crippen molar-refractivity contribution in [3.05, 3.63) is 66.9 Å². The summed E-state index contributed by atoms with van der Waals surface area (Å²) >= 11 is 17.0. The summed E-state index contributed by atoms with van der Waals surface area (Å²) in [5, 5.41) is 11.0. The van der Waals surface area contributed by atoms with Gasteiger partial charge in [0.1, 0.15) is 6.61 Å². The van der Waals surface area contributed by atoms with Gasteiger partial charge < -0.3 is 10.1 Å². The fraction of sp³-hybridized carbons (Fsp3) is 0.0588. The van der Waals surface area contributed by atoms with E-state index < -0.39 is 0 Å². The number of carbonyl (C=O) groups is 1. The second-order valence-electron chi connectivity index (χ2n) is 5.09. The van der Waals surface area contributed by atoms with Crippen LogP contribution in [-0.2, 0) is 11.4 Å². The van der Waals surface area contributed by atoms with Gasteiger partial charge in [0, 0.05) is 10.6 Å². The molecule has 1 heterocycles. The van der Waals surface area contributed by atoms with Crippen LogP contribution < -0.4 is 10.1 Å². The minimum Gasteiger partial charge on any atom is -0.486 e. The number of rotatable bonds is 4. The van der Waals surface area contributed by atoms with E-state index in [-0.39, 0.29) is 17.7 Å². The molecule has 1 aliphatic heterocycles. The molecule has 0 aromatic heterocycles. The van der Waals surface area contributed by atoms with Gasteiger partial charge in [0.15, 0.2) is 10.9 Å². The minimum atomic E-state index is -0.290. The zero-order valence-electron chi connectivity index (χ0n) is 12.6. The molecule has 0 atom stereocenters. The molecule has 8 heteroatoms. The van der Waals surface area contributed by atoms with Gasteiger partial charge in [-0.25, -0.2) is 0 Å². The third-order valence-corrected chi connectivity index (χ3v) is 5.38. The summed E-state index contributed by atoms with van der Waals surface area (Å²) in [5.41, 5.74) is 1.59. The molecule has 25 heavy (non-hydrogen) atoms. The highest BCUT2D eigenvalue weighted by Gasteiger charge is 2.22. The number of benzene rings is 2. The molecule has 0 unspecified atom stereocenters. The molecular weight excluding hydrogens is 447 g/mol. The largest absolute Gasteiger partial charge is 0.486 e. The van der Waals surface area contributed by atoms with Gasteiger partial charge in [-0.2, -0.15) is 0 Å². The maximum atomic E-state index is 11.7. The van der Waals surface area contributed by atoms with Crippen molar-refractivity contribution >= 4 is 68.0 Å². The Morgan fingerprint density at radius 3 is 2.64 bits per heavy atom.